The molecule has 1 aromatic rings. The number of hydrogen-bond donors (Lipinski definition) is 3. The monoisotopic (exact) mass is 421 g/mol. The summed E-state index contributed by atoms with van der Waals surface area (Å²) >= 11 is 0. The van der Waals surface area contributed by atoms with E-state index >= 15 is 0 Å². The van der Waals surface area contributed by atoms with Gasteiger partial charge in [0.2, 0.25) is 0 Å². The zero-order chi connectivity index (χ0) is 22.5. The SMILES string of the molecule is CCCCN(C(=O)C(=O)NC(=O)c1ccccc1)N(CCCOC)NC(=O)C(N)=O. The average molecular weight is 421 g/mol. The van der Waals surface area contributed by atoms with Crippen LogP contribution >= 0.6 is 0 Å². The number of ether oxygens (including phenoxy) is 1. The first-order valence-corrected chi connectivity index (χ1v) is 9.40. The summed E-state index contributed by atoms with van der Waals surface area (Å²) in [6, 6.07) is 7.92. The standard InChI is InChI=1S/C19H27N5O6/c1-3-4-11-23(24(12-8-13-30-2)22-17(27)15(20)25)19(29)18(28)21-16(26)14-9-6-5-7-10-14/h5-7,9-10H,3-4,8,11-13H2,1-2H3,(H2,20,25)(H,22,27)(H,21,26,28). The van der Waals surface area contributed by atoms with E-state index in [2.05, 4.69) is 5.43 Å². The maximum atomic E-state index is 12.8. The maximum Gasteiger partial charge on any atom is 0.328 e. The molecule has 5 amide bonds. The van der Waals surface area contributed by atoms with Crippen molar-refractivity contribution in [3.8, 4) is 0 Å². The van der Waals surface area contributed by atoms with Gasteiger partial charge in [-0.3, -0.25) is 34.7 Å². The molecule has 11 nitrogen and oxygen atoms in total. The van der Waals surface area contributed by atoms with Gasteiger partial charge in [-0.05, 0) is 25.0 Å². The van der Waals surface area contributed by atoms with Gasteiger partial charge >= 0.3 is 23.6 Å². The van der Waals surface area contributed by atoms with Crippen LogP contribution in [0.3, 0.4) is 0 Å². The lowest BCUT2D eigenvalue weighted by Crippen LogP contribution is -2.60. The highest BCUT2D eigenvalue weighted by atomic mass is 16.5. The van der Waals surface area contributed by atoms with Crippen molar-refractivity contribution in [3.05, 3.63) is 35.9 Å². The molecule has 0 unspecified atom stereocenters. The summed E-state index contributed by atoms with van der Waals surface area (Å²) in [5.74, 6) is -5.39. The quantitative estimate of drug-likeness (QED) is 0.258. The number of hydrazine groups is 2. The van der Waals surface area contributed by atoms with Crippen LogP contribution in [0.1, 0.15) is 36.5 Å². The minimum atomic E-state index is -1.25. The van der Waals surface area contributed by atoms with E-state index in [1.54, 1.807) is 18.2 Å². The van der Waals surface area contributed by atoms with E-state index in [4.69, 9.17) is 10.5 Å². The summed E-state index contributed by atoms with van der Waals surface area (Å²) in [7, 11) is 1.48. The first-order valence-electron chi connectivity index (χ1n) is 9.40. The Morgan fingerprint density at radius 1 is 1.00 bits per heavy atom. The molecule has 4 N–H and O–H groups in total. The normalized spacial score (nSPS) is 10.4. The number of rotatable bonds is 10. The van der Waals surface area contributed by atoms with Crippen molar-refractivity contribution < 1.29 is 28.7 Å². The van der Waals surface area contributed by atoms with Gasteiger partial charge in [0, 0.05) is 32.4 Å². The summed E-state index contributed by atoms with van der Waals surface area (Å²) in [6.07, 6.45) is 1.55. The average Bonchev–Trinajstić information content (AvgIpc) is 2.74. The third-order valence-corrected chi connectivity index (χ3v) is 3.88. The number of methoxy groups -OCH3 is 1. The summed E-state index contributed by atoms with van der Waals surface area (Å²) in [5.41, 5.74) is 7.39. The van der Waals surface area contributed by atoms with Gasteiger partial charge in [-0.2, -0.15) is 0 Å². The third-order valence-electron chi connectivity index (χ3n) is 3.88. The van der Waals surface area contributed by atoms with Crippen LogP contribution in [0.25, 0.3) is 0 Å². The molecule has 0 aliphatic heterocycles. The molecule has 1 aromatic carbocycles. The Balaban J connectivity index is 3.00. The van der Waals surface area contributed by atoms with Crippen LogP contribution in [0.4, 0.5) is 0 Å². The predicted octanol–water partition coefficient (Wildman–Crippen LogP) is -0.658. The molecule has 0 aliphatic carbocycles. The Hall–Kier alpha value is -3.31. The van der Waals surface area contributed by atoms with Crippen molar-refractivity contribution in [2.24, 2.45) is 5.73 Å². The number of benzene rings is 1. The highest BCUT2D eigenvalue weighted by Gasteiger charge is 2.30. The smallest absolute Gasteiger partial charge is 0.328 e. The number of carbonyl (C=O) groups is 5. The van der Waals surface area contributed by atoms with E-state index in [0.29, 0.717) is 25.9 Å². The summed E-state index contributed by atoms with van der Waals surface area (Å²) in [4.78, 5) is 60.3. The lowest BCUT2D eigenvalue weighted by atomic mass is 10.2. The number of nitrogens with zero attached hydrogens (tertiary/aromatic N) is 2. The fourth-order valence-electron chi connectivity index (χ4n) is 2.34. The first kappa shape index (κ1) is 24.7. The Labute approximate surface area is 174 Å². The van der Waals surface area contributed by atoms with Gasteiger partial charge in [0.05, 0.1) is 0 Å². The van der Waals surface area contributed by atoms with Gasteiger partial charge in [-0.15, -0.1) is 5.12 Å². The zero-order valence-corrected chi connectivity index (χ0v) is 17.1. The van der Waals surface area contributed by atoms with Crippen LogP contribution in [-0.2, 0) is 23.9 Å². The largest absolute Gasteiger partial charge is 0.385 e. The Morgan fingerprint density at radius 3 is 2.23 bits per heavy atom. The molecule has 0 atom stereocenters. The maximum absolute atomic E-state index is 12.8. The molecular weight excluding hydrogens is 394 g/mol. The van der Waals surface area contributed by atoms with E-state index in [1.807, 2.05) is 12.2 Å². The second kappa shape index (κ2) is 13.0. The highest BCUT2D eigenvalue weighted by molar-refractivity contribution is 6.38. The van der Waals surface area contributed by atoms with Crippen molar-refractivity contribution in [3.63, 3.8) is 0 Å². The second-order valence-electron chi connectivity index (χ2n) is 6.21. The number of nitrogens with two attached hydrogens (primary N) is 1. The fourth-order valence-corrected chi connectivity index (χ4v) is 2.34. The Bertz CT molecular complexity index is 755. The number of nitrogens with one attached hydrogen (secondary N) is 2. The van der Waals surface area contributed by atoms with E-state index in [-0.39, 0.29) is 18.7 Å². The molecule has 0 bridgehead atoms. The van der Waals surface area contributed by atoms with Crippen LogP contribution < -0.4 is 16.5 Å². The lowest BCUT2D eigenvalue weighted by Gasteiger charge is -2.34. The molecule has 0 radical (unpaired) electrons. The molecule has 0 aromatic heterocycles. The van der Waals surface area contributed by atoms with Crippen LogP contribution in [0.5, 0.6) is 0 Å². The number of amides is 5. The van der Waals surface area contributed by atoms with E-state index < -0.39 is 29.5 Å². The predicted molar refractivity (Wildman–Crippen MR) is 106 cm³/mol. The van der Waals surface area contributed by atoms with Crippen LogP contribution in [0.15, 0.2) is 30.3 Å². The number of primary amides is 1. The zero-order valence-electron chi connectivity index (χ0n) is 17.1. The van der Waals surface area contributed by atoms with Crippen molar-refractivity contribution in [1.29, 1.82) is 0 Å². The van der Waals surface area contributed by atoms with Crippen molar-refractivity contribution >= 4 is 29.5 Å². The molecule has 164 valence electrons. The summed E-state index contributed by atoms with van der Waals surface area (Å²) in [5, 5.41) is 4.03. The van der Waals surface area contributed by atoms with E-state index in [0.717, 1.165) is 10.1 Å². The fraction of sp³-hybridized carbons (Fsp3) is 0.421. The molecule has 0 aliphatic rings. The summed E-state index contributed by atoms with van der Waals surface area (Å²) < 4.78 is 4.96. The first-order chi connectivity index (χ1) is 14.3. The summed E-state index contributed by atoms with van der Waals surface area (Å²) in [6.45, 7) is 2.30. The van der Waals surface area contributed by atoms with Crippen LogP contribution in [0.2, 0.25) is 0 Å². The third kappa shape index (κ3) is 7.97. The highest BCUT2D eigenvalue weighted by Crippen LogP contribution is 2.04. The number of unbranched alkanes of at least 4 members (excludes halogenated alkanes) is 1. The van der Waals surface area contributed by atoms with Gasteiger partial charge in [-0.1, -0.05) is 31.5 Å². The molecule has 0 spiro atoms. The number of carbonyl (C=O) groups excluding carboxylic acids is 5. The van der Waals surface area contributed by atoms with Gasteiger partial charge in [0.15, 0.2) is 0 Å². The van der Waals surface area contributed by atoms with E-state index in [1.165, 1.54) is 19.2 Å². The van der Waals surface area contributed by atoms with E-state index in [9.17, 15) is 24.0 Å². The minimum absolute atomic E-state index is 0.0578. The van der Waals surface area contributed by atoms with Crippen molar-refractivity contribution in [2.75, 3.05) is 26.8 Å². The molecular formula is C19H27N5O6. The Kier molecular flexibility index (Phi) is 10.7. The molecule has 0 heterocycles. The molecule has 0 saturated carbocycles. The number of imide groups is 1. The van der Waals surface area contributed by atoms with Crippen molar-refractivity contribution in [2.45, 2.75) is 26.2 Å². The molecule has 0 saturated heterocycles. The number of hydrogen-bond acceptors (Lipinski definition) is 7. The second-order valence-corrected chi connectivity index (χ2v) is 6.21. The lowest BCUT2D eigenvalue weighted by molar-refractivity contribution is -0.168. The van der Waals surface area contributed by atoms with Gasteiger partial charge < -0.3 is 10.5 Å². The van der Waals surface area contributed by atoms with Crippen LogP contribution in [0, 0.1) is 0 Å². The van der Waals surface area contributed by atoms with Crippen LogP contribution in [-0.4, -0.2) is 66.5 Å². The van der Waals surface area contributed by atoms with Crippen molar-refractivity contribution in [1.82, 2.24) is 20.9 Å². The molecule has 0 fully saturated rings. The topological polar surface area (TPSA) is 151 Å². The van der Waals surface area contributed by atoms with Gasteiger partial charge in [-0.25, -0.2) is 5.01 Å². The minimum Gasteiger partial charge on any atom is -0.385 e. The molecule has 1 rings (SSSR count). The van der Waals surface area contributed by atoms with Gasteiger partial charge in [0.25, 0.3) is 5.91 Å². The van der Waals surface area contributed by atoms with Gasteiger partial charge in [0.1, 0.15) is 0 Å². The molecule has 30 heavy (non-hydrogen) atoms. The Morgan fingerprint density at radius 2 is 1.67 bits per heavy atom. The molecule has 11 heteroatoms.